The molecule has 0 unspecified atom stereocenters. The number of hydrogen-bond acceptors (Lipinski definition) is 8. The Bertz CT molecular complexity index is 1660. The number of piperidine rings is 1. The van der Waals surface area contributed by atoms with Crippen molar-refractivity contribution in [3.63, 3.8) is 0 Å². The monoisotopic (exact) mass is 671 g/mol. The Morgan fingerprint density at radius 2 is 1.82 bits per heavy atom. The molecule has 1 saturated heterocycles. The number of methoxy groups -OCH3 is 2. The molecule has 2 amide bonds. The second-order valence-electron chi connectivity index (χ2n) is 14.9. The van der Waals surface area contributed by atoms with Crippen molar-refractivity contribution in [3.8, 4) is 11.5 Å². The topological polar surface area (TPSA) is 115 Å². The van der Waals surface area contributed by atoms with Gasteiger partial charge in [-0.2, -0.15) is 0 Å². The third kappa shape index (κ3) is 4.92. The summed E-state index contributed by atoms with van der Waals surface area (Å²) in [7, 11) is 5.50. The molecule has 49 heavy (non-hydrogen) atoms. The van der Waals surface area contributed by atoms with Gasteiger partial charge in [0.1, 0.15) is 23.8 Å². The van der Waals surface area contributed by atoms with Crippen LogP contribution in [0.5, 0.6) is 11.5 Å². The van der Waals surface area contributed by atoms with Gasteiger partial charge in [0.15, 0.2) is 11.5 Å². The molecule has 262 valence electrons. The Labute approximate surface area is 288 Å². The third-order valence-electron chi connectivity index (χ3n) is 12.1. The highest BCUT2D eigenvalue weighted by molar-refractivity contribution is 5.92. The molecular weight excluding hydrogens is 622 g/mol. The predicted molar refractivity (Wildman–Crippen MR) is 183 cm³/mol. The van der Waals surface area contributed by atoms with Crippen LogP contribution in [0, 0.1) is 17.3 Å². The maximum atomic E-state index is 14.8. The van der Waals surface area contributed by atoms with E-state index in [1.165, 1.54) is 11.1 Å². The molecule has 10 nitrogen and oxygen atoms in total. The molecule has 1 saturated carbocycles. The van der Waals surface area contributed by atoms with E-state index in [1.54, 1.807) is 21.1 Å². The maximum Gasteiger partial charge on any atom is 0.328 e. The summed E-state index contributed by atoms with van der Waals surface area (Å²) in [4.78, 5) is 44.2. The number of nitrogens with zero attached hydrogens (tertiary/aromatic N) is 1. The lowest BCUT2D eigenvalue weighted by atomic mass is 9.37. The van der Waals surface area contributed by atoms with E-state index >= 15 is 0 Å². The zero-order valence-electron chi connectivity index (χ0n) is 29.4. The molecule has 2 aliphatic heterocycles. The molecule has 2 heterocycles. The minimum absolute atomic E-state index is 0.136. The summed E-state index contributed by atoms with van der Waals surface area (Å²) < 4.78 is 24.6. The zero-order valence-corrected chi connectivity index (χ0v) is 29.4. The number of carbonyl (C=O) groups excluding carboxylic acids is 3. The van der Waals surface area contributed by atoms with E-state index in [-0.39, 0.29) is 41.7 Å². The number of fused-ring (bicyclic) bond motifs is 1. The van der Waals surface area contributed by atoms with Gasteiger partial charge >= 0.3 is 5.97 Å². The van der Waals surface area contributed by atoms with E-state index in [0.29, 0.717) is 18.6 Å². The quantitative estimate of drug-likeness (QED) is 0.259. The second kappa shape index (κ2) is 12.5. The number of esters is 1. The van der Waals surface area contributed by atoms with Crippen molar-refractivity contribution in [2.75, 3.05) is 34.4 Å². The van der Waals surface area contributed by atoms with Gasteiger partial charge < -0.3 is 34.5 Å². The van der Waals surface area contributed by atoms with Crippen molar-refractivity contribution in [1.82, 2.24) is 15.5 Å². The highest BCUT2D eigenvalue weighted by Crippen LogP contribution is 2.74. The van der Waals surface area contributed by atoms with Crippen molar-refractivity contribution in [1.29, 1.82) is 0 Å². The van der Waals surface area contributed by atoms with Crippen LogP contribution in [0.4, 0.5) is 0 Å². The Hall–Kier alpha value is -3.89. The van der Waals surface area contributed by atoms with Crippen LogP contribution in [-0.4, -0.2) is 86.9 Å². The molecule has 6 aliphatic rings. The van der Waals surface area contributed by atoms with Crippen LogP contribution >= 0.6 is 0 Å². The molecule has 2 aromatic rings. The normalized spacial score (nSPS) is 31.4. The van der Waals surface area contributed by atoms with Gasteiger partial charge in [-0.1, -0.05) is 62.4 Å². The van der Waals surface area contributed by atoms with Gasteiger partial charge in [-0.25, -0.2) is 4.79 Å². The van der Waals surface area contributed by atoms with Gasteiger partial charge in [-0.05, 0) is 69.3 Å². The number of rotatable bonds is 12. The van der Waals surface area contributed by atoms with Crippen LogP contribution in [0.1, 0.15) is 56.7 Å². The van der Waals surface area contributed by atoms with Crippen molar-refractivity contribution in [2.45, 2.75) is 88.1 Å². The van der Waals surface area contributed by atoms with Crippen LogP contribution in [0.15, 0.2) is 54.6 Å². The molecular formula is C39H49N3O7. The summed E-state index contributed by atoms with van der Waals surface area (Å²) in [6.07, 6.45) is 6.86. The molecule has 0 aromatic heterocycles. The summed E-state index contributed by atoms with van der Waals surface area (Å²) >= 11 is 0. The number of hydrogen-bond donors (Lipinski definition) is 2. The lowest BCUT2D eigenvalue weighted by Gasteiger charge is -2.70. The molecule has 2 aromatic carbocycles. The van der Waals surface area contributed by atoms with Gasteiger partial charge in [0.2, 0.25) is 11.8 Å². The van der Waals surface area contributed by atoms with E-state index in [9.17, 15) is 14.4 Å². The van der Waals surface area contributed by atoms with Gasteiger partial charge in [-0.3, -0.25) is 9.59 Å². The number of benzene rings is 2. The minimum Gasteiger partial charge on any atom is -0.493 e. The number of amides is 2. The first-order valence-electron chi connectivity index (χ1n) is 17.7. The highest BCUT2D eigenvalue weighted by Gasteiger charge is 2.79. The lowest BCUT2D eigenvalue weighted by molar-refractivity contribution is -0.214. The molecule has 10 heteroatoms. The summed E-state index contributed by atoms with van der Waals surface area (Å²) in [5, 5.41) is 6.08. The van der Waals surface area contributed by atoms with E-state index in [1.807, 2.05) is 50.2 Å². The van der Waals surface area contributed by atoms with Crippen molar-refractivity contribution >= 4 is 17.8 Å². The largest absolute Gasteiger partial charge is 0.493 e. The number of nitrogens with one attached hydrogen (secondary N) is 2. The third-order valence-corrected chi connectivity index (χ3v) is 12.1. The van der Waals surface area contributed by atoms with Gasteiger partial charge in [-0.15, -0.1) is 0 Å². The fourth-order valence-electron chi connectivity index (χ4n) is 10.0. The Morgan fingerprint density at radius 3 is 2.51 bits per heavy atom. The fraction of sp³-hybridized carbons (Fsp3) is 0.564. The number of likely N-dealkylation sites (N-methyl/N-ethyl adjacent to an activating group) is 1. The first-order valence-corrected chi connectivity index (χ1v) is 17.7. The fourth-order valence-corrected chi connectivity index (χ4v) is 10.0. The van der Waals surface area contributed by atoms with Gasteiger partial charge in [0, 0.05) is 30.6 Å². The SMILES string of the molecule is CCOC(=O)[C@H](CC(C)C)NC(=O)[C@@H](Cc1ccccc1)NC(=O)[C@@H]1C[C@@]23C=C[C@]1(OC)[C@H]1Oc4c(OC)ccc5c4[C@@]12CCN(C)[C@@H]3C5. The van der Waals surface area contributed by atoms with Gasteiger partial charge in [0.25, 0.3) is 0 Å². The Balaban J connectivity index is 1.25. The Morgan fingerprint density at radius 1 is 1.04 bits per heavy atom. The first kappa shape index (κ1) is 33.6. The van der Waals surface area contributed by atoms with Crippen molar-refractivity contribution in [3.05, 3.63) is 71.3 Å². The molecule has 4 aliphatic carbocycles. The van der Waals surface area contributed by atoms with E-state index in [2.05, 4.69) is 40.8 Å². The summed E-state index contributed by atoms with van der Waals surface area (Å²) in [5.41, 5.74) is 1.52. The average molecular weight is 672 g/mol. The Kier molecular flexibility index (Phi) is 8.54. The van der Waals surface area contributed by atoms with Gasteiger partial charge in [0.05, 0.1) is 25.0 Å². The highest BCUT2D eigenvalue weighted by atomic mass is 16.6. The van der Waals surface area contributed by atoms with Crippen LogP contribution in [0.2, 0.25) is 0 Å². The van der Waals surface area contributed by atoms with Crippen molar-refractivity contribution in [2.24, 2.45) is 17.3 Å². The minimum atomic E-state index is -1.08. The molecule has 0 radical (unpaired) electrons. The van der Waals surface area contributed by atoms with Crippen LogP contribution in [0.3, 0.4) is 0 Å². The van der Waals surface area contributed by atoms with E-state index < -0.39 is 41.6 Å². The molecule has 2 N–H and O–H groups in total. The summed E-state index contributed by atoms with van der Waals surface area (Å²) in [6, 6.07) is 12.2. The molecule has 2 spiro atoms. The number of ether oxygens (including phenoxy) is 4. The number of carbonyl (C=O) groups is 3. The summed E-state index contributed by atoms with van der Waals surface area (Å²) in [5.74, 6) is -0.226. The zero-order chi connectivity index (χ0) is 34.7. The van der Waals surface area contributed by atoms with E-state index in [4.69, 9.17) is 18.9 Å². The second-order valence-corrected chi connectivity index (χ2v) is 14.9. The van der Waals surface area contributed by atoms with E-state index in [0.717, 1.165) is 30.7 Å². The molecule has 4 bridgehead atoms. The smallest absolute Gasteiger partial charge is 0.328 e. The lowest BCUT2D eigenvalue weighted by Crippen LogP contribution is -2.80. The molecule has 8 rings (SSSR count). The molecule has 2 fully saturated rings. The van der Waals surface area contributed by atoms with Crippen LogP contribution in [0.25, 0.3) is 0 Å². The van der Waals surface area contributed by atoms with Crippen LogP contribution in [-0.2, 0) is 42.1 Å². The molecule has 8 atom stereocenters. The first-order chi connectivity index (χ1) is 23.5. The van der Waals surface area contributed by atoms with Crippen LogP contribution < -0.4 is 20.1 Å². The number of likely N-dealkylation sites (tertiary alicyclic amines) is 1. The predicted octanol–water partition coefficient (Wildman–Crippen LogP) is 3.74. The summed E-state index contributed by atoms with van der Waals surface area (Å²) in [6.45, 7) is 6.84. The maximum absolute atomic E-state index is 14.8. The van der Waals surface area contributed by atoms with Crippen molar-refractivity contribution < 1.29 is 33.3 Å². The average Bonchev–Trinajstić information content (AvgIpc) is 3.47. The standard InChI is InChI=1S/C39H49N3O7/c1-7-48-35(45)28(19-23(2)3)41-34(44)27(20-24-11-9-8-10-12-24)40-33(43)26-22-37-15-16-39(26,47-6)36-38(37)17-18-42(4)30(37)21-25-13-14-29(46-5)32(49-36)31(25)38/h8-16,23,26-28,30,36H,7,17-22H2,1-6H3,(H,40,43)(H,41,44)/t26-,27+,28-,30+,36-,37+,38-,39+/m0/s1.